The molecule has 0 fully saturated rings. The molecule has 0 amide bonds. The van der Waals surface area contributed by atoms with Gasteiger partial charge in [0, 0.05) is 34.4 Å². The molecule has 0 aliphatic heterocycles. The topological polar surface area (TPSA) is 108 Å². The summed E-state index contributed by atoms with van der Waals surface area (Å²) in [6.45, 7) is 2.03. The molecule has 0 bridgehead atoms. The number of aryl methyl sites for hydroxylation is 1. The molecule has 0 unspecified atom stereocenters. The van der Waals surface area contributed by atoms with Crippen molar-refractivity contribution < 1.29 is 8.42 Å². The number of nitrogens with zero attached hydrogens (tertiary/aromatic N) is 3. The van der Waals surface area contributed by atoms with Crippen LogP contribution in [-0.2, 0) is 10.0 Å². The van der Waals surface area contributed by atoms with Gasteiger partial charge >= 0.3 is 0 Å². The fraction of sp³-hybridized carbons (Fsp3) is 0.0455. The second-order valence-corrected chi connectivity index (χ2v) is 10.1. The summed E-state index contributed by atoms with van der Waals surface area (Å²) < 4.78 is 27.3. The first-order valence-electron chi connectivity index (χ1n) is 9.37. The number of aromatic nitrogens is 2. The Kier molecular flexibility index (Phi) is 6.32. The van der Waals surface area contributed by atoms with E-state index in [0.29, 0.717) is 21.4 Å². The zero-order valence-electron chi connectivity index (χ0n) is 16.8. The standard InChI is InChI=1S/C22H17N5O2S3/c1-15-2-4-16(5-3-15)20-14-31-21(26-20)17(12-23)13-25-18-6-8-19(9-7-18)32(28,29)27-22-24-10-11-30-22/h2-11,13-14,25H,1H3,(H,24,27). The monoisotopic (exact) mass is 479 g/mol. The van der Waals surface area contributed by atoms with Crippen molar-refractivity contribution in [2.45, 2.75) is 11.8 Å². The van der Waals surface area contributed by atoms with E-state index < -0.39 is 10.0 Å². The van der Waals surface area contributed by atoms with Crippen LogP contribution in [0.2, 0.25) is 0 Å². The normalized spacial score (nSPS) is 11.7. The fourth-order valence-corrected chi connectivity index (χ4v) is 5.31. The van der Waals surface area contributed by atoms with Crippen molar-refractivity contribution in [3.8, 4) is 17.3 Å². The van der Waals surface area contributed by atoms with Gasteiger partial charge < -0.3 is 5.32 Å². The number of rotatable bonds is 7. The van der Waals surface area contributed by atoms with E-state index >= 15 is 0 Å². The Bertz CT molecular complexity index is 1380. The van der Waals surface area contributed by atoms with E-state index in [1.807, 2.05) is 36.6 Å². The molecule has 0 aliphatic carbocycles. The summed E-state index contributed by atoms with van der Waals surface area (Å²) in [7, 11) is -3.71. The van der Waals surface area contributed by atoms with Gasteiger partial charge in [0.25, 0.3) is 10.0 Å². The molecule has 32 heavy (non-hydrogen) atoms. The summed E-state index contributed by atoms with van der Waals surface area (Å²) in [5.74, 6) is 0. The molecule has 160 valence electrons. The minimum atomic E-state index is -3.71. The average Bonchev–Trinajstić information content (AvgIpc) is 3.47. The number of sulfonamides is 1. The van der Waals surface area contributed by atoms with Crippen LogP contribution in [0.5, 0.6) is 0 Å². The molecule has 4 aromatic rings. The number of hydrogen-bond donors (Lipinski definition) is 2. The van der Waals surface area contributed by atoms with Crippen molar-refractivity contribution in [2.75, 3.05) is 10.0 Å². The molecule has 2 N–H and O–H groups in total. The Morgan fingerprint density at radius 3 is 2.50 bits per heavy atom. The number of allylic oxidation sites excluding steroid dienone is 1. The van der Waals surface area contributed by atoms with E-state index in [4.69, 9.17) is 0 Å². The van der Waals surface area contributed by atoms with E-state index in [2.05, 4.69) is 26.1 Å². The van der Waals surface area contributed by atoms with Crippen LogP contribution in [-0.4, -0.2) is 18.4 Å². The molecular formula is C22H17N5O2S3. The SMILES string of the molecule is Cc1ccc(-c2csc(C(C#N)=CNc3ccc(S(=O)(=O)Nc4nccs4)cc3)n2)cc1. The van der Waals surface area contributed by atoms with Crippen LogP contribution in [0.4, 0.5) is 10.8 Å². The van der Waals surface area contributed by atoms with Gasteiger partial charge in [-0.15, -0.1) is 22.7 Å². The van der Waals surface area contributed by atoms with E-state index in [0.717, 1.165) is 11.3 Å². The molecule has 10 heteroatoms. The Morgan fingerprint density at radius 1 is 1.09 bits per heavy atom. The van der Waals surface area contributed by atoms with Crippen LogP contribution in [0.15, 0.2) is 76.6 Å². The highest BCUT2D eigenvalue weighted by Crippen LogP contribution is 2.26. The summed E-state index contributed by atoms with van der Waals surface area (Å²) >= 11 is 2.59. The van der Waals surface area contributed by atoms with Crippen LogP contribution in [0.1, 0.15) is 10.6 Å². The smallest absolute Gasteiger partial charge is 0.263 e. The van der Waals surface area contributed by atoms with E-state index in [1.165, 1.54) is 46.6 Å². The maximum Gasteiger partial charge on any atom is 0.263 e. The molecule has 2 aromatic carbocycles. The predicted molar refractivity (Wildman–Crippen MR) is 129 cm³/mol. The molecule has 2 aromatic heterocycles. The zero-order valence-corrected chi connectivity index (χ0v) is 19.3. The van der Waals surface area contributed by atoms with Gasteiger partial charge in [0.2, 0.25) is 0 Å². The third-order valence-corrected chi connectivity index (χ3v) is 7.45. The first-order chi connectivity index (χ1) is 15.4. The van der Waals surface area contributed by atoms with Gasteiger partial charge in [-0.3, -0.25) is 4.72 Å². The minimum absolute atomic E-state index is 0.116. The van der Waals surface area contributed by atoms with Crippen LogP contribution >= 0.6 is 22.7 Å². The van der Waals surface area contributed by atoms with Crippen LogP contribution < -0.4 is 10.0 Å². The molecule has 2 heterocycles. The van der Waals surface area contributed by atoms with Crippen molar-refractivity contribution >= 4 is 49.1 Å². The summed E-state index contributed by atoms with van der Waals surface area (Å²) in [6.07, 6.45) is 3.09. The van der Waals surface area contributed by atoms with E-state index in [9.17, 15) is 13.7 Å². The summed E-state index contributed by atoms with van der Waals surface area (Å²) in [4.78, 5) is 8.62. The maximum absolute atomic E-state index is 12.4. The van der Waals surface area contributed by atoms with Crippen molar-refractivity contribution in [1.29, 1.82) is 5.26 Å². The molecule has 0 spiro atoms. The van der Waals surface area contributed by atoms with Crippen molar-refractivity contribution in [3.63, 3.8) is 0 Å². The first kappa shape index (κ1) is 21.7. The van der Waals surface area contributed by atoms with Gasteiger partial charge in [-0.1, -0.05) is 29.8 Å². The largest absolute Gasteiger partial charge is 0.360 e. The Morgan fingerprint density at radius 2 is 1.84 bits per heavy atom. The van der Waals surface area contributed by atoms with E-state index in [-0.39, 0.29) is 4.90 Å². The van der Waals surface area contributed by atoms with Gasteiger partial charge in [-0.05, 0) is 31.2 Å². The number of anilines is 2. The zero-order chi connectivity index (χ0) is 22.6. The van der Waals surface area contributed by atoms with Gasteiger partial charge in [-0.25, -0.2) is 18.4 Å². The quantitative estimate of drug-likeness (QED) is 0.346. The molecule has 7 nitrogen and oxygen atoms in total. The van der Waals surface area contributed by atoms with Crippen LogP contribution in [0, 0.1) is 18.3 Å². The molecule has 0 aliphatic rings. The van der Waals surface area contributed by atoms with Crippen LogP contribution in [0.3, 0.4) is 0 Å². The Balaban J connectivity index is 1.47. The number of benzene rings is 2. The van der Waals surface area contributed by atoms with Crippen molar-refractivity contribution in [1.82, 2.24) is 9.97 Å². The van der Waals surface area contributed by atoms with E-state index in [1.54, 1.807) is 23.7 Å². The number of nitriles is 1. The highest BCUT2D eigenvalue weighted by molar-refractivity contribution is 7.93. The number of thiazole rings is 2. The van der Waals surface area contributed by atoms with Gasteiger partial charge in [0.1, 0.15) is 16.6 Å². The molecule has 0 saturated heterocycles. The van der Waals surface area contributed by atoms with Gasteiger partial charge in [-0.2, -0.15) is 5.26 Å². The molecule has 0 radical (unpaired) electrons. The fourth-order valence-electron chi connectivity index (χ4n) is 2.73. The minimum Gasteiger partial charge on any atom is -0.360 e. The second kappa shape index (κ2) is 9.32. The number of nitrogens with one attached hydrogen (secondary N) is 2. The summed E-state index contributed by atoms with van der Waals surface area (Å²) in [6, 6.07) is 16.4. The predicted octanol–water partition coefficient (Wildman–Crippen LogP) is 5.35. The van der Waals surface area contributed by atoms with Crippen molar-refractivity contribution in [3.05, 3.63) is 82.3 Å². The van der Waals surface area contributed by atoms with Gasteiger partial charge in [0.05, 0.1) is 10.6 Å². The second-order valence-electron chi connectivity index (χ2n) is 6.69. The first-order valence-corrected chi connectivity index (χ1v) is 12.6. The third-order valence-electron chi connectivity index (χ3n) is 4.40. The Labute approximate surface area is 193 Å². The summed E-state index contributed by atoms with van der Waals surface area (Å²) in [5.41, 5.74) is 4.00. The molecule has 4 rings (SSSR count). The summed E-state index contributed by atoms with van der Waals surface area (Å²) in [5, 5.41) is 17.1. The molecule has 0 atom stereocenters. The lowest BCUT2D eigenvalue weighted by Gasteiger charge is -2.06. The number of hydrogen-bond acceptors (Lipinski definition) is 8. The Hall–Kier alpha value is -3.52. The molecular weight excluding hydrogens is 462 g/mol. The third kappa shape index (κ3) is 5.03. The van der Waals surface area contributed by atoms with Gasteiger partial charge in [0.15, 0.2) is 5.13 Å². The highest BCUT2D eigenvalue weighted by atomic mass is 32.2. The lowest BCUT2D eigenvalue weighted by molar-refractivity contribution is 0.601. The lowest BCUT2D eigenvalue weighted by Crippen LogP contribution is -2.12. The van der Waals surface area contributed by atoms with Crippen LogP contribution in [0.25, 0.3) is 16.8 Å². The van der Waals surface area contributed by atoms with Crippen molar-refractivity contribution in [2.24, 2.45) is 0 Å². The lowest BCUT2D eigenvalue weighted by atomic mass is 10.1. The maximum atomic E-state index is 12.4. The highest BCUT2D eigenvalue weighted by Gasteiger charge is 2.15. The average molecular weight is 480 g/mol. The molecule has 0 saturated carbocycles.